The molecule has 2 heterocycles. The first-order valence-corrected chi connectivity index (χ1v) is 9.45. The van der Waals surface area contributed by atoms with Crippen LogP contribution in [0.5, 0.6) is 5.75 Å². The molecule has 1 N–H and O–H groups in total. The molecule has 0 saturated carbocycles. The Morgan fingerprint density at radius 2 is 1.80 bits per heavy atom. The van der Waals surface area contributed by atoms with Crippen LogP contribution in [0.4, 0.5) is 0 Å². The largest absolute Gasteiger partial charge is 0.493 e. The molecule has 25 heavy (non-hydrogen) atoms. The van der Waals surface area contributed by atoms with Gasteiger partial charge in [-0.2, -0.15) is 0 Å². The minimum Gasteiger partial charge on any atom is -0.493 e. The number of pyridine rings is 1. The van der Waals surface area contributed by atoms with Crippen molar-refractivity contribution in [2.45, 2.75) is 38.8 Å². The third-order valence-corrected chi connectivity index (χ3v) is 4.65. The monoisotopic (exact) mass is 339 g/mol. The highest BCUT2D eigenvalue weighted by Gasteiger charge is 2.09. The standard InChI is InChI=1S/C21H29N3O/c1-6-13-24(14-7-1)15-8-16-25-21-11-3-2-9-19(21)17-22-18-20-10-4-5-12-23-20/h2-5,9-12,22H,1,6-8,13-18H2. The molecule has 1 aromatic carbocycles. The van der Waals surface area contributed by atoms with Crippen molar-refractivity contribution >= 4 is 0 Å². The quantitative estimate of drug-likeness (QED) is 0.708. The minimum atomic E-state index is 0.768. The van der Waals surface area contributed by atoms with E-state index in [1.807, 2.05) is 30.5 Å². The zero-order valence-corrected chi connectivity index (χ0v) is 15.0. The van der Waals surface area contributed by atoms with Gasteiger partial charge in [-0.05, 0) is 50.6 Å². The summed E-state index contributed by atoms with van der Waals surface area (Å²) in [6.07, 6.45) is 7.02. The van der Waals surface area contributed by atoms with Gasteiger partial charge < -0.3 is 15.0 Å². The Balaban J connectivity index is 1.40. The lowest BCUT2D eigenvalue weighted by Crippen LogP contribution is -2.31. The molecule has 2 aromatic rings. The third-order valence-electron chi connectivity index (χ3n) is 4.65. The van der Waals surface area contributed by atoms with Crippen molar-refractivity contribution < 1.29 is 4.74 Å². The Kier molecular flexibility index (Phi) is 7.28. The molecule has 1 aromatic heterocycles. The van der Waals surface area contributed by atoms with Crippen LogP contribution in [0.15, 0.2) is 48.7 Å². The number of aromatic nitrogens is 1. The maximum absolute atomic E-state index is 6.05. The molecule has 1 aliphatic heterocycles. The van der Waals surface area contributed by atoms with Crippen molar-refractivity contribution in [2.75, 3.05) is 26.2 Å². The van der Waals surface area contributed by atoms with Crippen LogP contribution in [0, 0.1) is 0 Å². The molecule has 0 radical (unpaired) electrons. The molecule has 0 amide bonds. The molecule has 1 aliphatic rings. The molecule has 4 heteroatoms. The molecule has 0 spiro atoms. The highest BCUT2D eigenvalue weighted by molar-refractivity contribution is 5.33. The van der Waals surface area contributed by atoms with Gasteiger partial charge in [0, 0.05) is 31.4 Å². The molecule has 134 valence electrons. The van der Waals surface area contributed by atoms with E-state index < -0.39 is 0 Å². The second-order valence-electron chi connectivity index (χ2n) is 6.64. The van der Waals surface area contributed by atoms with Crippen molar-refractivity contribution in [3.63, 3.8) is 0 Å². The molecule has 1 fully saturated rings. The Morgan fingerprint density at radius 1 is 0.960 bits per heavy atom. The van der Waals surface area contributed by atoms with Crippen LogP contribution >= 0.6 is 0 Å². The van der Waals surface area contributed by atoms with E-state index in [0.717, 1.165) is 44.1 Å². The fourth-order valence-corrected chi connectivity index (χ4v) is 3.27. The Bertz CT molecular complexity index is 612. The molecule has 0 atom stereocenters. The molecule has 0 unspecified atom stereocenters. The molecule has 0 aliphatic carbocycles. The topological polar surface area (TPSA) is 37.4 Å². The second kappa shape index (κ2) is 10.2. The normalized spacial score (nSPS) is 15.2. The third kappa shape index (κ3) is 6.15. The number of nitrogens with one attached hydrogen (secondary N) is 1. The van der Waals surface area contributed by atoms with E-state index in [4.69, 9.17) is 4.74 Å². The van der Waals surface area contributed by atoms with E-state index in [9.17, 15) is 0 Å². The number of hydrogen-bond donors (Lipinski definition) is 1. The van der Waals surface area contributed by atoms with Gasteiger partial charge in [-0.15, -0.1) is 0 Å². The van der Waals surface area contributed by atoms with Gasteiger partial charge in [-0.1, -0.05) is 30.7 Å². The van der Waals surface area contributed by atoms with Gasteiger partial charge >= 0.3 is 0 Å². The smallest absolute Gasteiger partial charge is 0.123 e. The molecular formula is C21H29N3O. The summed E-state index contributed by atoms with van der Waals surface area (Å²) in [7, 11) is 0. The van der Waals surface area contributed by atoms with Crippen LogP contribution in [-0.2, 0) is 13.1 Å². The van der Waals surface area contributed by atoms with Crippen LogP contribution in [0.25, 0.3) is 0 Å². The number of likely N-dealkylation sites (tertiary alicyclic amines) is 1. The van der Waals surface area contributed by atoms with Gasteiger partial charge in [-0.3, -0.25) is 4.98 Å². The first-order chi connectivity index (χ1) is 12.4. The van der Waals surface area contributed by atoms with E-state index in [0.29, 0.717) is 0 Å². The summed E-state index contributed by atoms with van der Waals surface area (Å²) in [5, 5.41) is 3.45. The van der Waals surface area contributed by atoms with Crippen molar-refractivity contribution in [1.29, 1.82) is 0 Å². The number of rotatable bonds is 9. The van der Waals surface area contributed by atoms with E-state index in [1.54, 1.807) is 0 Å². The van der Waals surface area contributed by atoms with Crippen LogP contribution in [0.3, 0.4) is 0 Å². The van der Waals surface area contributed by atoms with Crippen LogP contribution < -0.4 is 10.1 Å². The second-order valence-corrected chi connectivity index (χ2v) is 6.64. The summed E-state index contributed by atoms with van der Waals surface area (Å²) in [4.78, 5) is 6.90. The number of ether oxygens (including phenoxy) is 1. The lowest BCUT2D eigenvalue weighted by molar-refractivity contribution is 0.204. The first kappa shape index (κ1) is 17.9. The molecule has 3 rings (SSSR count). The fourth-order valence-electron chi connectivity index (χ4n) is 3.27. The fraction of sp³-hybridized carbons (Fsp3) is 0.476. The zero-order valence-electron chi connectivity index (χ0n) is 15.0. The summed E-state index contributed by atoms with van der Waals surface area (Å²) in [5.74, 6) is 0.995. The van der Waals surface area contributed by atoms with Crippen molar-refractivity contribution in [3.8, 4) is 5.75 Å². The predicted molar refractivity (Wildman–Crippen MR) is 102 cm³/mol. The molecule has 4 nitrogen and oxygen atoms in total. The zero-order chi connectivity index (χ0) is 17.2. The summed E-state index contributed by atoms with van der Waals surface area (Å²) in [5.41, 5.74) is 2.26. The molecule has 0 bridgehead atoms. The lowest BCUT2D eigenvalue weighted by atomic mass is 10.1. The van der Waals surface area contributed by atoms with Gasteiger partial charge in [-0.25, -0.2) is 0 Å². The maximum Gasteiger partial charge on any atom is 0.123 e. The number of nitrogens with zero attached hydrogens (tertiary/aromatic N) is 2. The van der Waals surface area contributed by atoms with E-state index >= 15 is 0 Å². The maximum atomic E-state index is 6.05. The van der Waals surface area contributed by atoms with E-state index in [1.165, 1.54) is 37.9 Å². The highest BCUT2D eigenvalue weighted by Crippen LogP contribution is 2.18. The summed E-state index contributed by atoms with van der Waals surface area (Å²) in [6.45, 7) is 6.01. The van der Waals surface area contributed by atoms with Crippen molar-refractivity contribution in [1.82, 2.24) is 15.2 Å². The van der Waals surface area contributed by atoms with Gasteiger partial charge in [0.25, 0.3) is 0 Å². The van der Waals surface area contributed by atoms with Gasteiger partial charge in [0.1, 0.15) is 5.75 Å². The first-order valence-electron chi connectivity index (χ1n) is 9.45. The van der Waals surface area contributed by atoms with Gasteiger partial charge in [0.05, 0.1) is 12.3 Å². The van der Waals surface area contributed by atoms with Crippen LogP contribution in [0.2, 0.25) is 0 Å². The van der Waals surface area contributed by atoms with Gasteiger partial charge in [0.15, 0.2) is 0 Å². The predicted octanol–water partition coefficient (Wildman–Crippen LogP) is 3.63. The van der Waals surface area contributed by atoms with Crippen molar-refractivity contribution in [2.24, 2.45) is 0 Å². The number of piperidine rings is 1. The average Bonchev–Trinajstić information content (AvgIpc) is 2.68. The lowest BCUT2D eigenvalue weighted by Gasteiger charge is -2.26. The van der Waals surface area contributed by atoms with Crippen molar-refractivity contribution in [3.05, 3.63) is 59.9 Å². The Labute approximate surface area is 151 Å². The SMILES string of the molecule is c1ccc(CNCc2ccccc2OCCCN2CCCCC2)nc1. The molecular weight excluding hydrogens is 310 g/mol. The van der Waals surface area contributed by atoms with E-state index in [2.05, 4.69) is 33.4 Å². The van der Waals surface area contributed by atoms with Crippen LogP contribution in [-0.4, -0.2) is 36.1 Å². The number of hydrogen-bond acceptors (Lipinski definition) is 4. The van der Waals surface area contributed by atoms with Gasteiger partial charge in [0.2, 0.25) is 0 Å². The molecule has 1 saturated heterocycles. The summed E-state index contributed by atoms with van der Waals surface area (Å²) in [6, 6.07) is 14.3. The van der Waals surface area contributed by atoms with E-state index in [-0.39, 0.29) is 0 Å². The summed E-state index contributed by atoms with van der Waals surface area (Å²) >= 11 is 0. The Morgan fingerprint density at radius 3 is 2.64 bits per heavy atom. The Hall–Kier alpha value is -1.91. The number of para-hydroxylation sites is 1. The number of benzene rings is 1. The highest BCUT2D eigenvalue weighted by atomic mass is 16.5. The summed E-state index contributed by atoms with van der Waals surface area (Å²) < 4.78 is 6.05. The van der Waals surface area contributed by atoms with Crippen LogP contribution in [0.1, 0.15) is 36.9 Å². The average molecular weight is 339 g/mol. The minimum absolute atomic E-state index is 0.768.